The van der Waals surface area contributed by atoms with E-state index in [1.807, 2.05) is 30.1 Å². The number of methoxy groups -OCH3 is 1. The van der Waals surface area contributed by atoms with E-state index in [1.165, 1.54) is 0 Å². The van der Waals surface area contributed by atoms with Crippen LogP contribution in [0.4, 0.5) is 0 Å². The van der Waals surface area contributed by atoms with Gasteiger partial charge in [-0.05, 0) is 36.6 Å². The number of aryl methyl sites for hydroxylation is 2. The molecule has 5 heteroatoms. The van der Waals surface area contributed by atoms with E-state index >= 15 is 0 Å². The van der Waals surface area contributed by atoms with Crippen LogP contribution >= 0.6 is 15.9 Å². The van der Waals surface area contributed by atoms with Gasteiger partial charge in [0.1, 0.15) is 5.75 Å². The summed E-state index contributed by atoms with van der Waals surface area (Å²) in [4.78, 5) is 0. The van der Waals surface area contributed by atoms with Gasteiger partial charge in [0.25, 0.3) is 0 Å². The molecule has 0 fully saturated rings. The van der Waals surface area contributed by atoms with Gasteiger partial charge in [-0.15, -0.1) is 0 Å². The molecule has 2 N–H and O–H groups in total. The van der Waals surface area contributed by atoms with E-state index in [9.17, 15) is 0 Å². The molecule has 2 rings (SSSR count). The van der Waals surface area contributed by atoms with E-state index in [1.54, 1.807) is 7.11 Å². The third kappa shape index (κ3) is 3.22. The normalized spacial score (nSPS) is 12.4. The molecule has 4 nitrogen and oxygen atoms in total. The molecule has 1 aromatic heterocycles. The van der Waals surface area contributed by atoms with Gasteiger partial charge >= 0.3 is 0 Å². The number of ether oxygens (including phenoxy) is 1. The molecule has 0 aliphatic carbocycles. The molecule has 0 aliphatic heterocycles. The van der Waals surface area contributed by atoms with E-state index in [2.05, 4.69) is 34.0 Å². The summed E-state index contributed by atoms with van der Waals surface area (Å²) in [7, 11) is 3.61. The van der Waals surface area contributed by atoms with E-state index in [0.717, 1.165) is 39.9 Å². The van der Waals surface area contributed by atoms with Crippen molar-refractivity contribution in [2.45, 2.75) is 25.8 Å². The summed E-state index contributed by atoms with van der Waals surface area (Å²) < 4.78 is 8.26. The van der Waals surface area contributed by atoms with Crippen LogP contribution in [0.3, 0.4) is 0 Å². The fourth-order valence-electron chi connectivity index (χ4n) is 2.39. The number of hydrogen-bond donors (Lipinski definition) is 1. The summed E-state index contributed by atoms with van der Waals surface area (Å²) in [6, 6.07) is 5.90. The van der Waals surface area contributed by atoms with Gasteiger partial charge in [-0.3, -0.25) is 4.68 Å². The van der Waals surface area contributed by atoms with Gasteiger partial charge in [0.15, 0.2) is 0 Å². The van der Waals surface area contributed by atoms with Gasteiger partial charge in [-0.2, -0.15) is 5.10 Å². The Bertz CT molecular complexity index is 595. The molecular formula is C15H20BrN3O. The predicted molar refractivity (Wildman–Crippen MR) is 83.9 cm³/mol. The zero-order valence-electron chi connectivity index (χ0n) is 12.1. The summed E-state index contributed by atoms with van der Waals surface area (Å²) in [6.45, 7) is 2.10. The maximum absolute atomic E-state index is 6.37. The summed E-state index contributed by atoms with van der Waals surface area (Å²) in [6.07, 6.45) is 3.62. The molecule has 1 atom stereocenters. The molecule has 1 heterocycles. The van der Waals surface area contributed by atoms with Crippen LogP contribution in [0.5, 0.6) is 5.75 Å². The summed E-state index contributed by atoms with van der Waals surface area (Å²) in [5.74, 6) is 0.866. The van der Waals surface area contributed by atoms with Crippen LogP contribution in [-0.4, -0.2) is 16.9 Å². The minimum Gasteiger partial charge on any atom is -0.496 e. The monoisotopic (exact) mass is 337 g/mol. The van der Waals surface area contributed by atoms with Gasteiger partial charge in [0.05, 0.1) is 12.8 Å². The van der Waals surface area contributed by atoms with E-state index in [-0.39, 0.29) is 6.04 Å². The van der Waals surface area contributed by atoms with Crippen LogP contribution in [0, 0.1) is 0 Å². The van der Waals surface area contributed by atoms with Gasteiger partial charge < -0.3 is 10.5 Å². The number of nitrogens with two attached hydrogens (primary N) is 1. The largest absolute Gasteiger partial charge is 0.496 e. The average molecular weight is 338 g/mol. The quantitative estimate of drug-likeness (QED) is 0.912. The summed E-state index contributed by atoms with van der Waals surface area (Å²) >= 11 is 3.49. The molecule has 1 unspecified atom stereocenters. The summed E-state index contributed by atoms with van der Waals surface area (Å²) in [5, 5.41) is 4.45. The second-order valence-corrected chi connectivity index (χ2v) is 5.74. The number of benzene rings is 1. The first kappa shape index (κ1) is 15.1. The fraction of sp³-hybridized carbons (Fsp3) is 0.400. The predicted octanol–water partition coefficient (Wildman–Crippen LogP) is 3.00. The lowest BCUT2D eigenvalue weighted by atomic mass is 9.99. The Morgan fingerprint density at radius 1 is 1.45 bits per heavy atom. The number of aromatic nitrogens is 2. The Labute approximate surface area is 128 Å². The molecule has 0 amide bonds. The third-order valence-corrected chi connectivity index (χ3v) is 3.85. The zero-order valence-corrected chi connectivity index (χ0v) is 13.6. The Kier molecular flexibility index (Phi) is 4.83. The van der Waals surface area contributed by atoms with Crippen molar-refractivity contribution in [2.75, 3.05) is 7.11 Å². The first-order valence-corrected chi connectivity index (χ1v) is 7.44. The van der Waals surface area contributed by atoms with Crippen LogP contribution in [0.25, 0.3) is 0 Å². The maximum Gasteiger partial charge on any atom is 0.122 e. The minimum absolute atomic E-state index is 0.0816. The highest BCUT2D eigenvalue weighted by Crippen LogP contribution is 2.28. The Hall–Kier alpha value is -1.33. The van der Waals surface area contributed by atoms with Crippen molar-refractivity contribution in [2.24, 2.45) is 12.8 Å². The Morgan fingerprint density at radius 3 is 2.85 bits per heavy atom. The molecule has 1 aromatic carbocycles. The first-order valence-electron chi connectivity index (χ1n) is 6.65. The van der Waals surface area contributed by atoms with Crippen molar-refractivity contribution in [3.05, 3.63) is 45.7 Å². The summed E-state index contributed by atoms with van der Waals surface area (Å²) in [5.41, 5.74) is 9.64. The van der Waals surface area contributed by atoms with Crippen LogP contribution in [-0.2, 0) is 19.9 Å². The van der Waals surface area contributed by atoms with Crippen LogP contribution in [0.1, 0.15) is 29.8 Å². The van der Waals surface area contributed by atoms with Crippen molar-refractivity contribution in [1.82, 2.24) is 9.78 Å². The number of hydrogen-bond acceptors (Lipinski definition) is 3. The lowest BCUT2D eigenvalue weighted by Crippen LogP contribution is -2.15. The van der Waals surface area contributed by atoms with Crippen molar-refractivity contribution in [3.63, 3.8) is 0 Å². The number of halogens is 1. The highest BCUT2D eigenvalue weighted by atomic mass is 79.9. The van der Waals surface area contributed by atoms with E-state index in [0.29, 0.717) is 0 Å². The minimum atomic E-state index is -0.0816. The van der Waals surface area contributed by atoms with Gasteiger partial charge in [-0.25, -0.2) is 0 Å². The fourth-order valence-corrected chi connectivity index (χ4v) is 2.80. The van der Waals surface area contributed by atoms with Crippen LogP contribution in [0.2, 0.25) is 0 Å². The Morgan fingerprint density at radius 2 is 2.20 bits per heavy atom. The lowest BCUT2D eigenvalue weighted by Gasteiger charge is -2.14. The number of nitrogens with zero attached hydrogens (tertiary/aromatic N) is 2. The molecule has 0 bridgehead atoms. The van der Waals surface area contributed by atoms with Crippen molar-refractivity contribution < 1.29 is 4.74 Å². The highest BCUT2D eigenvalue weighted by molar-refractivity contribution is 9.10. The lowest BCUT2D eigenvalue weighted by molar-refractivity contribution is 0.408. The standard InChI is InChI=1S/C15H20BrN3O/c1-4-14-12(9-19(2)18-14)13(17)8-10-7-11(16)5-6-15(10)20-3/h5-7,9,13H,4,8,17H2,1-3H3. The first-order chi connectivity index (χ1) is 9.55. The second-order valence-electron chi connectivity index (χ2n) is 4.83. The molecular weight excluding hydrogens is 318 g/mol. The molecule has 0 saturated heterocycles. The van der Waals surface area contributed by atoms with Crippen LogP contribution in [0.15, 0.2) is 28.9 Å². The maximum atomic E-state index is 6.37. The SMILES string of the molecule is CCc1nn(C)cc1C(N)Cc1cc(Br)ccc1OC. The molecule has 108 valence electrons. The average Bonchev–Trinajstić information content (AvgIpc) is 2.80. The topological polar surface area (TPSA) is 53.1 Å². The molecule has 20 heavy (non-hydrogen) atoms. The zero-order chi connectivity index (χ0) is 14.7. The van der Waals surface area contributed by atoms with E-state index < -0.39 is 0 Å². The smallest absolute Gasteiger partial charge is 0.122 e. The van der Waals surface area contributed by atoms with Gasteiger partial charge in [0, 0.05) is 29.3 Å². The van der Waals surface area contributed by atoms with Crippen LogP contribution < -0.4 is 10.5 Å². The molecule has 0 saturated carbocycles. The Balaban J connectivity index is 2.27. The second kappa shape index (κ2) is 6.41. The molecule has 2 aromatic rings. The molecule has 0 spiro atoms. The van der Waals surface area contributed by atoms with Crippen molar-refractivity contribution >= 4 is 15.9 Å². The van der Waals surface area contributed by atoms with Crippen molar-refractivity contribution in [3.8, 4) is 5.75 Å². The molecule has 0 radical (unpaired) electrons. The van der Waals surface area contributed by atoms with Gasteiger partial charge in [0.2, 0.25) is 0 Å². The van der Waals surface area contributed by atoms with Crippen molar-refractivity contribution in [1.29, 1.82) is 0 Å². The van der Waals surface area contributed by atoms with Gasteiger partial charge in [-0.1, -0.05) is 22.9 Å². The molecule has 0 aliphatic rings. The highest BCUT2D eigenvalue weighted by Gasteiger charge is 2.16. The number of rotatable bonds is 5. The van der Waals surface area contributed by atoms with E-state index in [4.69, 9.17) is 10.5 Å². The third-order valence-electron chi connectivity index (χ3n) is 3.35.